The summed E-state index contributed by atoms with van der Waals surface area (Å²) in [6, 6.07) is 8.66. The van der Waals surface area contributed by atoms with Crippen LogP contribution in [0.1, 0.15) is 18.2 Å². The molecule has 1 aliphatic heterocycles. The smallest absolute Gasteiger partial charge is 0.240 e. The van der Waals surface area contributed by atoms with Gasteiger partial charge in [-0.15, -0.1) is 16.4 Å². The van der Waals surface area contributed by atoms with Crippen molar-refractivity contribution in [3.63, 3.8) is 0 Å². The van der Waals surface area contributed by atoms with Crippen LogP contribution in [0.4, 0.5) is 5.69 Å². The van der Waals surface area contributed by atoms with E-state index < -0.39 is 5.25 Å². The summed E-state index contributed by atoms with van der Waals surface area (Å²) >= 11 is 14.5. The molecule has 3 rings (SSSR count). The van der Waals surface area contributed by atoms with Gasteiger partial charge < -0.3 is 10.6 Å². The normalized spacial score (nSPS) is 18.6. The van der Waals surface area contributed by atoms with E-state index in [0.29, 0.717) is 20.9 Å². The van der Waals surface area contributed by atoms with Crippen molar-refractivity contribution in [3.8, 4) is 0 Å². The molecule has 0 spiro atoms. The molecule has 10 heteroatoms. The number of hydrogen-bond donors (Lipinski definition) is 2. The second-order valence-electron chi connectivity index (χ2n) is 5.54. The number of nitrogens with zero attached hydrogens (tertiary/aromatic N) is 2. The fourth-order valence-corrected chi connectivity index (χ4v) is 4.08. The molecule has 2 aromatic rings. The SMILES string of the molecule is C/C(=N\N=C1\NC(=O)C(CC(=O)Nc2ccc(Cl)c(Cl)c2)S1)c1cccs1. The zero-order valence-corrected chi connectivity index (χ0v) is 17.2. The number of benzene rings is 1. The summed E-state index contributed by atoms with van der Waals surface area (Å²) < 4.78 is 0. The molecule has 1 aromatic heterocycles. The topological polar surface area (TPSA) is 82.9 Å². The number of anilines is 1. The lowest BCUT2D eigenvalue weighted by Crippen LogP contribution is -2.28. The van der Waals surface area contributed by atoms with E-state index in [9.17, 15) is 9.59 Å². The molecule has 2 amide bonds. The minimum absolute atomic E-state index is 0.00336. The van der Waals surface area contributed by atoms with Crippen molar-refractivity contribution in [1.29, 1.82) is 0 Å². The summed E-state index contributed by atoms with van der Waals surface area (Å²) in [6.07, 6.45) is 0.00336. The van der Waals surface area contributed by atoms with Crippen LogP contribution in [0.3, 0.4) is 0 Å². The highest BCUT2D eigenvalue weighted by molar-refractivity contribution is 8.15. The van der Waals surface area contributed by atoms with Crippen molar-refractivity contribution in [2.24, 2.45) is 10.2 Å². The Bertz CT molecular complexity index is 929. The van der Waals surface area contributed by atoms with E-state index in [0.717, 1.165) is 10.6 Å². The van der Waals surface area contributed by atoms with Crippen LogP contribution in [0.25, 0.3) is 0 Å². The van der Waals surface area contributed by atoms with Crippen molar-refractivity contribution in [3.05, 3.63) is 50.6 Å². The molecule has 1 aliphatic rings. The Morgan fingerprint density at radius 3 is 2.81 bits per heavy atom. The van der Waals surface area contributed by atoms with Gasteiger partial charge in [-0.1, -0.05) is 41.0 Å². The fourth-order valence-electron chi connectivity index (χ4n) is 2.19. The summed E-state index contributed by atoms with van der Waals surface area (Å²) in [4.78, 5) is 25.3. The van der Waals surface area contributed by atoms with Gasteiger partial charge in [-0.05, 0) is 36.6 Å². The molecule has 0 saturated carbocycles. The number of hydrogen-bond acceptors (Lipinski definition) is 6. The first-order valence-electron chi connectivity index (χ1n) is 7.81. The van der Waals surface area contributed by atoms with E-state index in [4.69, 9.17) is 23.2 Å². The summed E-state index contributed by atoms with van der Waals surface area (Å²) in [5.41, 5.74) is 1.27. The summed E-state index contributed by atoms with van der Waals surface area (Å²) in [5.74, 6) is -0.576. The minimum atomic E-state index is -0.566. The molecule has 1 aromatic carbocycles. The average Bonchev–Trinajstić information content (AvgIpc) is 3.27. The average molecular weight is 441 g/mol. The van der Waals surface area contributed by atoms with Gasteiger partial charge in [-0.25, -0.2) is 0 Å². The zero-order valence-electron chi connectivity index (χ0n) is 14.0. The molecule has 27 heavy (non-hydrogen) atoms. The predicted octanol–water partition coefficient (Wildman–Crippen LogP) is 4.40. The Labute approximate surface area is 174 Å². The maximum atomic E-state index is 12.2. The molecule has 2 N–H and O–H groups in total. The van der Waals surface area contributed by atoms with Crippen LogP contribution < -0.4 is 10.6 Å². The standard InChI is InChI=1S/C17H14Cl2N4O2S2/c1-9(13-3-2-6-26-13)22-23-17-21-16(25)14(27-17)8-15(24)20-10-4-5-11(18)12(19)7-10/h2-7,14H,8H2,1H3,(H,20,24)(H,21,23,25)/b22-9+. The fraction of sp³-hybridized carbons (Fsp3) is 0.176. The molecule has 1 unspecified atom stereocenters. The molecule has 1 saturated heterocycles. The number of halogens is 2. The van der Waals surface area contributed by atoms with E-state index in [-0.39, 0.29) is 18.2 Å². The minimum Gasteiger partial charge on any atom is -0.326 e. The molecule has 1 atom stereocenters. The lowest BCUT2D eigenvalue weighted by molar-refractivity contribution is -0.122. The zero-order chi connectivity index (χ0) is 19.4. The Hall–Kier alpha value is -1.87. The molecular formula is C17H14Cl2N4O2S2. The molecule has 6 nitrogen and oxygen atoms in total. The van der Waals surface area contributed by atoms with Crippen LogP contribution >= 0.6 is 46.3 Å². The van der Waals surface area contributed by atoms with Gasteiger partial charge in [0.15, 0.2) is 5.17 Å². The van der Waals surface area contributed by atoms with Crippen LogP contribution in [0.15, 0.2) is 45.9 Å². The van der Waals surface area contributed by atoms with Gasteiger partial charge in [-0.2, -0.15) is 5.10 Å². The number of carbonyl (C=O) groups excluding carboxylic acids is 2. The largest absolute Gasteiger partial charge is 0.326 e. The van der Waals surface area contributed by atoms with Crippen LogP contribution in [0, 0.1) is 0 Å². The van der Waals surface area contributed by atoms with Crippen LogP contribution in [0.5, 0.6) is 0 Å². The van der Waals surface area contributed by atoms with E-state index in [1.54, 1.807) is 29.5 Å². The first-order chi connectivity index (χ1) is 12.9. The molecule has 0 bridgehead atoms. The van der Waals surface area contributed by atoms with Gasteiger partial charge in [0.05, 0.1) is 20.6 Å². The highest BCUT2D eigenvalue weighted by Gasteiger charge is 2.32. The molecule has 1 fully saturated rings. The Balaban J connectivity index is 1.58. The first-order valence-corrected chi connectivity index (χ1v) is 10.3. The second kappa shape index (κ2) is 8.88. The number of amidine groups is 1. The van der Waals surface area contributed by atoms with Crippen molar-refractivity contribution in [1.82, 2.24) is 5.32 Å². The third kappa shape index (κ3) is 5.32. The molecule has 2 heterocycles. The molecular weight excluding hydrogens is 427 g/mol. The van der Waals surface area contributed by atoms with Crippen LogP contribution in [0.2, 0.25) is 10.0 Å². The van der Waals surface area contributed by atoms with Crippen LogP contribution in [-0.4, -0.2) is 27.9 Å². The predicted molar refractivity (Wildman–Crippen MR) is 113 cm³/mol. The summed E-state index contributed by atoms with van der Waals surface area (Å²) in [6.45, 7) is 1.85. The molecule has 140 valence electrons. The molecule has 0 radical (unpaired) electrons. The monoisotopic (exact) mass is 440 g/mol. The van der Waals surface area contributed by atoms with Crippen LogP contribution in [-0.2, 0) is 9.59 Å². The van der Waals surface area contributed by atoms with Gasteiger partial charge in [0.25, 0.3) is 0 Å². The lowest BCUT2D eigenvalue weighted by Gasteiger charge is -2.08. The highest BCUT2D eigenvalue weighted by Crippen LogP contribution is 2.26. The molecule has 0 aliphatic carbocycles. The van der Waals surface area contributed by atoms with E-state index in [1.165, 1.54) is 11.8 Å². The first kappa shape index (κ1) is 19.9. The number of thiophene rings is 1. The maximum Gasteiger partial charge on any atom is 0.240 e. The van der Waals surface area contributed by atoms with E-state index in [1.807, 2.05) is 24.4 Å². The Morgan fingerprint density at radius 1 is 1.30 bits per heavy atom. The third-order valence-electron chi connectivity index (χ3n) is 3.52. The quantitative estimate of drug-likeness (QED) is 0.533. The lowest BCUT2D eigenvalue weighted by atomic mass is 10.2. The summed E-state index contributed by atoms with van der Waals surface area (Å²) in [5, 5.41) is 16.1. The van der Waals surface area contributed by atoms with Crippen molar-refractivity contribution in [2.45, 2.75) is 18.6 Å². The summed E-state index contributed by atoms with van der Waals surface area (Å²) in [7, 11) is 0. The van der Waals surface area contributed by atoms with Gasteiger partial charge in [0.1, 0.15) is 5.25 Å². The number of nitrogens with one attached hydrogen (secondary N) is 2. The Morgan fingerprint density at radius 2 is 2.11 bits per heavy atom. The Kier molecular flexibility index (Phi) is 6.54. The number of rotatable bonds is 5. The van der Waals surface area contributed by atoms with Gasteiger partial charge >= 0.3 is 0 Å². The van der Waals surface area contributed by atoms with Gasteiger partial charge in [-0.3, -0.25) is 9.59 Å². The van der Waals surface area contributed by atoms with Crippen molar-refractivity contribution >= 4 is 74.7 Å². The number of thioether (sulfide) groups is 1. The van der Waals surface area contributed by atoms with E-state index in [2.05, 4.69) is 20.8 Å². The third-order valence-corrected chi connectivity index (χ3v) is 6.31. The number of amides is 2. The van der Waals surface area contributed by atoms with E-state index >= 15 is 0 Å². The second-order valence-corrected chi connectivity index (χ2v) is 8.50. The van der Waals surface area contributed by atoms with Gasteiger partial charge in [0, 0.05) is 12.1 Å². The van der Waals surface area contributed by atoms with Crippen molar-refractivity contribution in [2.75, 3.05) is 5.32 Å². The maximum absolute atomic E-state index is 12.2. The van der Waals surface area contributed by atoms with Gasteiger partial charge in [0.2, 0.25) is 11.8 Å². The van der Waals surface area contributed by atoms with Crippen molar-refractivity contribution < 1.29 is 9.59 Å². The number of carbonyl (C=O) groups is 2. The highest BCUT2D eigenvalue weighted by atomic mass is 35.5.